The molecular formula is C11H18. The third-order valence-corrected chi connectivity index (χ3v) is 2.59. The summed E-state index contributed by atoms with van der Waals surface area (Å²) >= 11 is 0. The van der Waals surface area contributed by atoms with Gasteiger partial charge in [0.2, 0.25) is 0 Å². The second kappa shape index (κ2) is 4.38. The largest absolute Gasteiger partial charge is 0.103 e. The van der Waals surface area contributed by atoms with Crippen molar-refractivity contribution in [3.8, 4) is 0 Å². The highest BCUT2D eigenvalue weighted by molar-refractivity contribution is 4.98. The van der Waals surface area contributed by atoms with Crippen LogP contribution in [0.25, 0.3) is 0 Å². The molecule has 0 heterocycles. The second-order valence-corrected chi connectivity index (χ2v) is 3.56. The fraction of sp³-hybridized carbons (Fsp3) is 0.636. The third kappa shape index (κ3) is 2.92. The molecule has 0 atom stereocenters. The summed E-state index contributed by atoms with van der Waals surface area (Å²) in [4.78, 5) is 0. The average molecular weight is 150 g/mol. The molecule has 1 rings (SSSR count). The number of rotatable bonds is 3. The summed E-state index contributed by atoms with van der Waals surface area (Å²) in [5.74, 6) is 0.957. The summed E-state index contributed by atoms with van der Waals surface area (Å²) in [6, 6.07) is 0. The zero-order chi connectivity index (χ0) is 8.10. The van der Waals surface area contributed by atoms with Gasteiger partial charge in [0.25, 0.3) is 0 Å². The molecule has 0 heteroatoms. The standard InChI is InChI=1S/C11H18/c1-3-4-5-11-8-6-10(2)7-9-11/h3,11H,1-2,4-9H2. The Morgan fingerprint density at radius 2 is 2.00 bits per heavy atom. The summed E-state index contributed by atoms with van der Waals surface area (Å²) in [5.41, 5.74) is 1.46. The van der Waals surface area contributed by atoms with E-state index in [2.05, 4.69) is 13.2 Å². The molecule has 0 bridgehead atoms. The Bertz CT molecular complexity index is 131. The van der Waals surface area contributed by atoms with E-state index in [0.29, 0.717) is 0 Å². The minimum atomic E-state index is 0.957. The van der Waals surface area contributed by atoms with E-state index in [1.165, 1.54) is 44.1 Å². The minimum Gasteiger partial charge on any atom is -0.103 e. The maximum absolute atomic E-state index is 4.01. The number of hydrogen-bond donors (Lipinski definition) is 0. The topological polar surface area (TPSA) is 0 Å². The van der Waals surface area contributed by atoms with Crippen LogP contribution in [0.5, 0.6) is 0 Å². The Morgan fingerprint density at radius 3 is 2.55 bits per heavy atom. The summed E-state index contributed by atoms with van der Waals surface area (Å²) in [6.45, 7) is 7.75. The Hall–Kier alpha value is -0.520. The average Bonchev–Trinajstić information content (AvgIpc) is 2.04. The van der Waals surface area contributed by atoms with Gasteiger partial charge in [-0.1, -0.05) is 18.2 Å². The molecule has 62 valence electrons. The normalized spacial score (nSPS) is 20.2. The lowest BCUT2D eigenvalue weighted by molar-refractivity contribution is 0.387. The van der Waals surface area contributed by atoms with Gasteiger partial charge in [0, 0.05) is 0 Å². The Balaban J connectivity index is 2.16. The van der Waals surface area contributed by atoms with Gasteiger partial charge in [0.15, 0.2) is 0 Å². The van der Waals surface area contributed by atoms with Crippen molar-refractivity contribution >= 4 is 0 Å². The predicted molar refractivity (Wildman–Crippen MR) is 50.5 cm³/mol. The smallest absolute Gasteiger partial charge is 0.0320 e. The Morgan fingerprint density at radius 1 is 1.36 bits per heavy atom. The number of hydrogen-bond acceptors (Lipinski definition) is 0. The highest BCUT2D eigenvalue weighted by Gasteiger charge is 2.13. The van der Waals surface area contributed by atoms with Gasteiger partial charge >= 0.3 is 0 Å². The lowest BCUT2D eigenvalue weighted by atomic mass is 9.84. The summed E-state index contributed by atoms with van der Waals surface area (Å²) in [5, 5.41) is 0. The van der Waals surface area contributed by atoms with Crippen molar-refractivity contribution in [2.24, 2.45) is 5.92 Å². The second-order valence-electron chi connectivity index (χ2n) is 3.56. The zero-order valence-corrected chi connectivity index (χ0v) is 7.31. The molecule has 0 aromatic carbocycles. The van der Waals surface area contributed by atoms with Gasteiger partial charge in [-0.2, -0.15) is 0 Å². The molecule has 1 aliphatic rings. The molecule has 0 aliphatic heterocycles. The molecule has 0 amide bonds. The fourth-order valence-electron chi connectivity index (χ4n) is 1.73. The molecule has 0 saturated heterocycles. The lowest BCUT2D eigenvalue weighted by Gasteiger charge is -2.22. The van der Waals surface area contributed by atoms with E-state index < -0.39 is 0 Å². The first-order chi connectivity index (χ1) is 5.33. The first-order valence-corrected chi connectivity index (χ1v) is 4.60. The van der Waals surface area contributed by atoms with Crippen molar-refractivity contribution in [3.05, 3.63) is 24.8 Å². The van der Waals surface area contributed by atoms with E-state index >= 15 is 0 Å². The van der Waals surface area contributed by atoms with Gasteiger partial charge < -0.3 is 0 Å². The summed E-state index contributed by atoms with van der Waals surface area (Å²) in [6.07, 6.45) is 9.83. The maximum Gasteiger partial charge on any atom is -0.0320 e. The van der Waals surface area contributed by atoms with Crippen LogP contribution in [0.2, 0.25) is 0 Å². The van der Waals surface area contributed by atoms with Crippen molar-refractivity contribution < 1.29 is 0 Å². The van der Waals surface area contributed by atoms with Crippen LogP contribution in [0.1, 0.15) is 38.5 Å². The van der Waals surface area contributed by atoms with Gasteiger partial charge in [-0.25, -0.2) is 0 Å². The summed E-state index contributed by atoms with van der Waals surface area (Å²) < 4.78 is 0. The maximum atomic E-state index is 4.01. The van der Waals surface area contributed by atoms with E-state index in [4.69, 9.17) is 0 Å². The molecule has 0 nitrogen and oxygen atoms in total. The van der Waals surface area contributed by atoms with Crippen LogP contribution >= 0.6 is 0 Å². The highest BCUT2D eigenvalue weighted by Crippen LogP contribution is 2.29. The molecule has 0 unspecified atom stereocenters. The molecule has 0 spiro atoms. The summed E-state index contributed by atoms with van der Waals surface area (Å²) in [7, 11) is 0. The fourth-order valence-corrected chi connectivity index (χ4v) is 1.73. The van der Waals surface area contributed by atoms with E-state index in [1.807, 2.05) is 6.08 Å². The minimum absolute atomic E-state index is 0.957. The van der Waals surface area contributed by atoms with Crippen LogP contribution in [0.4, 0.5) is 0 Å². The Labute approximate surface area is 70.0 Å². The first-order valence-electron chi connectivity index (χ1n) is 4.60. The van der Waals surface area contributed by atoms with Crippen molar-refractivity contribution in [1.82, 2.24) is 0 Å². The van der Waals surface area contributed by atoms with Crippen LogP contribution in [0, 0.1) is 5.92 Å². The monoisotopic (exact) mass is 150 g/mol. The number of allylic oxidation sites excluding steroid dienone is 2. The van der Waals surface area contributed by atoms with E-state index in [9.17, 15) is 0 Å². The van der Waals surface area contributed by atoms with Crippen molar-refractivity contribution in [1.29, 1.82) is 0 Å². The van der Waals surface area contributed by atoms with Crippen LogP contribution in [-0.4, -0.2) is 0 Å². The van der Waals surface area contributed by atoms with Crippen molar-refractivity contribution in [2.75, 3.05) is 0 Å². The molecule has 11 heavy (non-hydrogen) atoms. The molecule has 0 N–H and O–H groups in total. The molecule has 1 aliphatic carbocycles. The Kier molecular flexibility index (Phi) is 3.41. The first kappa shape index (κ1) is 8.58. The molecular weight excluding hydrogens is 132 g/mol. The quantitative estimate of drug-likeness (QED) is 0.538. The van der Waals surface area contributed by atoms with Crippen molar-refractivity contribution in [2.45, 2.75) is 38.5 Å². The van der Waals surface area contributed by atoms with Gasteiger partial charge in [0.1, 0.15) is 0 Å². The van der Waals surface area contributed by atoms with Gasteiger partial charge in [-0.3, -0.25) is 0 Å². The van der Waals surface area contributed by atoms with Crippen LogP contribution in [0.15, 0.2) is 24.8 Å². The van der Waals surface area contributed by atoms with Gasteiger partial charge in [-0.05, 0) is 44.4 Å². The SMILES string of the molecule is C=CCCC1CCC(=C)CC1. The third-order valence-electron chi connectivity index (χ3n) is 2.59. The van der Waals surface area contributed by atoms with E-state index in [0.717, 1.165) is 5.92 Å². The van der Waals surface area contributed by atoms with Crippen LogP contribution in [-0.2, 0) is 0 Å². The highest BCUT2D eigenvalue weighted by atomic mass is 14.2. The van der Waals surface area contributed by atoms with Crippen LogP contribution in [0.3, 0.4) is 0 Å². The molecule has 0 radical (unpaired) electrons. The van der Waals surface area contributed by atoms with Crippen LogP contribution < -0.4 is 0 Å². The van der Waals surface area contributed by atoms with E-state index in [1.54, 1.807) is 0 Å². The zero-order valence-electron chi connectivity index (χ0n) is 7.31. The van der Waals surface area contributed by atoms with Gasteiger partial charge in [-0.15, -0.1) is 6.58 Å². The molecule has 0 aromatic heterocycles. The lowest BCUT2D eigenvalue weighted by Crippen LogP contribution is -2.06. The van der Waals surface area contributed by atoms with E-state index in [-0.39, 0.29) is 0 Å². The van der Waals surface area contributed by atoms with Gasteiger partial charge in [0.05, 0.1) is 0 Å². The molecule has 1 saturated carbocycles. The molecule has 1 fully saturated rings. The predicted octanol–water partition coefficient (Wildman–Crippen LogP) is 3.70. The molecule has 0 aromatic rings. The van der Waals surface area contributed by atoms with Crippen molar-refractivity contribution in [3.63, 3.8) is 0 Å².